The Kier molecular flexibility index (Phi) is 3.21. The van der Waals surface area contributed by atoms with Gasteiger partial charge in [-0.1, -0.05) is 6.92 Å². The number of anilines is 1. The third-order valence-corrected chi connectivity index (χ3v) is 3.48. The summed E-state index contributed by atoms with van der Waals surface area (Å²) in [6.45, 7) is 5.19. The van der Waals surface area contributed by atoms with Crippen LogP contribution in [0.3, 0.4) is 0 Å². The van der Waals surface area contributed by atoms with Gasteiger partial charge < -0.3 is 9.64 Å². The van der Waals surface area contributed by atoms with Gasteiger partial charge in [-0.2, -0.15) is 0 Å². The molecule has 2 aromatic heterocycles. The van der Waals surface area contributed by atoms with Crippen molar-refractivity contribution in [2.45, 2.75) is 13.3 Å². The molecule has 5 heteroatoms. The molecule has 0 atom stereocenters. The van der Waals surface area contributed by atoms with Gasteiger partial charge in [0, 0.05) is 37.5 Å². The molecule has 1 fully saturated rings. The highest BCUT2D eigenvalue weighted by atomic mass is 16.5. The van der Waals surface area contributed by atoms with Crippen LogP contribution in [-0.2, 0) is 4.74 Å². The summed E-state index contributed by atoms with van der Waals surface area (Å²) in [5, 5.41) is 0. The molecule has 1 saturated heterocycles. The van der Waals surface area contributed by atoms with E-state index in [2.05, 4.69) is 9.88 Å². The van der Waals surface area contributed by atoms with Crippen molar-refractivity contribution in [3.63, 3.8) is 0 Å². The zero-order valence-electron chi connectivity index (χ0n) is 11.0. The summed E-state index contributed by atoms with van der Waals surface area (Å²) >= 11 is 0. The summed E-state index contributed by atoms with van der Waals surface area (Å²) in [5.41, 5.74) is 2.61. The van der Waals surface area contributed by atoms with Gasteiger partial charge >= 0.3 is 0 Å². The standard InChI is InChI=1S/C14H17N3O2/c1-2-13(18)12-10-15-14-9-11(3-4-17(12)14)16-5-7-19-8-6-16/h3-4,9-10H,2,5-8H2,1H3. The Labute approximate surface area is 111 Å². The maximum atomic E-state index is 11.8. The molecule has 5 nitrogen and oxygen atoms in total. The third-order valence-electron chi connectivity index (χ3n) is 3.48. The van der Waals surface area contributed by atoms with Gasteiger partial charge in [-0.3, -0.25) is 9.20 Å². The molecule has 19 heavy (non-hydrogen) atoms. The van der Waals surface area contributed by atoms with Gasteiger partial charge in [0.05, 0.1) is 19.4 Å². The number of Topliss-reactive ketones (excluding diaryl/α,β-unsaturated/α-hetero) is 1. The zero-order chi connectivity index (χ0) is 13.2. The highest BCUT2D eigenvalue weighted by Gasteiger charge is 2.14. The Bertz CT molecular complexity index is 600. The van der Waals surface area contributed by atoms with Crippen LogP contribution in [-0.4, -0.2) is 41.5 Å². The molecule has 0 spiro atoms. The molecule has 3 heterocycles. The number of ketones is 1. The van der Waals surface area contributed by atoms with Crippen LogP contribution < -0.4 is 4.90 Å². The van der Waals surface area contributed by atoms with E-state index in [4.69, 9.17) is 4.74 Å². The van der Waals surface area contributed by atoms with Crippen molar-refractivity contribution in [3.8, 4) is 0 Å². The van der Waals surface area contributed by atoms with Crippen LogP contribution >= 0.6 is 0 Å². The van der Waals surface area contributed by atoms with Crippen LogP contribution in [0.2, 0.25) is 0 Å². The number of nitrogens with zero attached hydrogens (tertiary/aromatic N) is 3. The number of morpholine rings is 1. The molecular formula is C14H17N3O2. The fourth-order valence-corrected chi connectivity index (χ4v) is 2.38. The number of hydrogen-bond donors (Lipinski definition) is 0. The molecule has 2 aromatic rings. The van der Waals surface area contributed by atoms with E-state index in [-0.39, 0.29) is 5.78 Å². The lowest BCUT2D eigenvalue weighted by Crippen LogP contribution is -2.36. The van der Waals surface area contributed by atoms with Gasteiger partial charge in [0.15, 0.2) is 5.78 Å². The molecule has 100 valence electrons. The third kappa shape index (κ3) is 2.21. The number of ether oxygens (including phenoxy) is 1. The van der Waals surface area contributed by atoms with Crippen LogP contribution in [0.1, 0.15) is 23.8 Å². The van der Waals surface area contributed by atoms with Crippen molar-refractivity contribution in [3.05, 3.63) is 30.2 Å². The highest BCUT2D eigenvalue weighted by Crippen LogP contribution is 2.19. The Balaban J connectivity index is 1.95. The van der Waals surface area contributed by atoms with Gasteiger partial charge in [-0.15, -0.1) is 0 Å². The van der Waals surface area contributed by atoms with Gasteiger partial charge in [0.2, 0.25) is 0 Å². The van der Waals surface area contributed by atoms with E-state index in [1.807, 2.05) is 29.7 Å². The van der Waals surface area contributed by atoms with Crippen LogP contribution in [0.15, 0.2) is 24.5 Å². The number of aromatic nitrogens is 2. The van der Waals surface area contributed by atoms with Crippen molar-refractivity contribution in [2.75, 3.05) is 31.2 Å². The summed E-state index contributed by atoms with van der Waals surface area (Å²) in [6.07, 6.45) is 4.08. The van der Waals surface area contributed by atoms with Crippen molar-refractivity contribution in [2.24, 2.45) is 0 Å². The molecule has 0 unspecified atom stereocenters. The van der Waals surface area contributed by atoms with E-state index < -0.39 is 0 Å². The SMILES string of the molecule is CCC(=O)c1cnc2cc(N3CCOCC3)ccn12. The van der Waals surface area contributed by atoms with E-state index in [1.54, 1.807) is 6.20 Å². The number of carbonyl (C=O) groups excluding carboxylic acids is 1. The Morgan fingerprint density at radius 3 is 2.95 bits per heavy atom. The summed E-state index contributed by atoms with van der Waals surface area (Å²) in [7, 11) is 0. The molecule has 0 N–H and O–H groups in total. The largest absolute Gasteiger partial charge is 0.378 e. The molecule has 0 aliphatic carbocycles. The Morgan fingerprint density at radius 2 is 2.21 bits per heavy atom. The fraction of sp³-hybridized carbons (Fsp3) is 0.429. The summed E-state index contributed by atoms with van der Waals surface area (Å²) in [6, 6.07) is 4.06. The van der Waals surface area contributed by atoms with Crippen molar-refractivity contribution < 1.29 is 9.53 Å². The van der Waals surface area contributed by atoms with Crippen LogP contribution in [0, 0.1) is 0 Å². The van der Waals surface area contributed by atoms with Crippen LogP contribution in [0.4, 0.5) is 5.69 Å². The second-order valence-electron chi connectivity index (χ2n) is 4.63. The second kappa shape index (κ2) is 5.01. The summed E-state index contributed by atoms with van der Waals surface area (Å²) in [5.74, 6) is 0.117. The van der Waals surface area contributed by atoms with Gasteiger partial charge in [-0.25, -0.2) is 4.98 Å². The molecular weight excluding hydrogens is 242 g/mol. The van der Waals surface area contributed by atoms with E-state index >= 15 is 0 Å². The normalized spacial score (nSPS) is 15.9. The summed E-state index contributed by atoms with van der Waals surface area (Å²) in [4.78, 5) is 18.4. The van der Waals surface area contributed by atoms with Gasteiger partial charge in [0.25, 0.3) is 0 Å². The molecule has 0 saturated carbocycles. The van der Waals surface area contributed by atoms with Crippen molar-refractivity contribution in [1.29, 1.82) is 0 Å². The van der Waals surface area contributed by atoms with Crippen LogP contribution in [0.25, 0.3) is 5.65 Å². The van der Waals surface area contributed by atoms with E-state index in [9.17, 15) is 4.79 Å². The smallest absolute Gasteiger partial charge is 0.180 e. The number of carbonyl (C=O) groups is 1. The molecule has 0 aromatic carbocycles. The number of hydrogen-bond acceptors (Lipinski definition) is 4. The number of fused-ring (bicyclic) bond motifs is 1. The predicted octanol–water partition coefficient (Wildman–Crippen LogP) is 1.76. The number of rotatable bonds is 3. The lowest BCUT2D eigenvalue weighted by molar-refractivity contribution is 0.0982. The second-order valence-corrected chi connectivity index (χ2v) is 4.63. The van der Waals surface area contributed by atoms with E-state index in [0.717, 1.165) is 37.6 Å². The molecule has 0 amide bonds. The first-order valence-corrected chi connectivity index (χ1v) is 6.62. The van der Waals surface area contributed by atoms with Gasteiger partial charge in [0.1, 0.15) is 11.3 Å². The average Bonchev–Trinajstić information content (AvgIpc) is 2.90. The van der Waals surface area contributed by atoms with E-state index in [0.29, 0.717) is 12.1 Å². The number of imidazole rings is 1. The molecule has 1 aliphatic rings. The topological polar surface area (TPSA) is 46.8 Å². The van der Waals surface area contributed by atoms with Crippen molar-refractivity contribution >= 4 is 17.1 Å². The molecule has 0 bridgehead atoms. The van der Waals surface area contributed by atoms with Gasteiger partial charge in [-0.05, 0) is 6.07 Å². The van der Waals surface area contributed by atoms with Crippen LogP contribution in [0.5, 0.6) is 0 Å². The highest BCUT2D eigenvalue weighted by molar-refractivity contribution is 5.95. The average molecular weight is 259 g/mol. The first-order chi connectivity index (χ1) is 9.29. The monoisotopic (exact) mass is 259 g/mol. The fourth-order valence-electron chi connectivity index (χ4n) is 2.38. The number of pyridine rings is 1. The lowest BCUT2D eigenvalue weighted by Gasteiger charge is -2.28. The molecule has 1 aliphatic heterocycles. The van der Waals surface area contributed by atoms with Crippen molar-refractivity contribution in [1.82, 2.24) is 9.38 Å². The Hall–Kier alpha value is -1.88. The quantitative estimate of drug-likeness (QED) is 0.788. The minimum Gasteiger partial charge on any atom is -0.378 e. The molecule has 0 radical (unpaired) electrons. The van der Waals surface area contributed by atoms with E-state index in [1.165, 1.54) is 0 Å². The lowest BCUT2D eigenvalue weighted by atomic mass is 10.2. The minimum absolute atomic E-state index is 0.117. The Morgan fingerprint density at radius 1 is 1.42 bits per heavy atom. The molecule has 3 rings (SSSR count). The summed E-state index contributed by atoms with van der Waals surface area (Å²) < 4.78 is 7.21. The first-order valence-electron chi connectivity index (χ1n) is 6.62. The minimum atomic E-state index is 0.117. The maximum absolute atomic E-state index is 11.8. The first kappa shape index (κ1) is 12.2. The zero-order valence-corrected chi connectivity index (χ0v) is 11.0. The maximum Gasteiger partial charge on any atom is 0.180 e. The predicted molar refractivity (Wildman–Crippen MR) is 72.8 cm³/mol.